The highest BCUT2D eigenvalue weighted by molar-refractivity contribution is 6.38. The molecule has 4 nitrogen and oxygen atoms in total. The summed E-state index contributed by atoms with van der Waals surface area (Å²) in [6.07, 6.45) is 3.91. The molecule has 4 aromatic rings. The monoisotopic (exact) mass is 454 g/mol. The molecule has 0 bridgehead atoms. The zero-order valence-corrected chi connectivity index (χ0v) is 18.9. The summed E-state index contributed by atoms with van der Waals surface area (Å²) in [5, 5.41) is 6.62. The highest BCUT2D eigenvalue weighted by Crippen LogP contribution is 2.50. The first-order valence-corrected chi connectivity index (χ1v) is 11.6. The van der Waals surface area contributed by atoms with Crippen molar-refractivity contribution in [1.82, 2.24) is 0 Å². The zero-order valence-electron chi connectivity index (χ0n) is 18.9. The summed E-state index contributed by atoms with van der Waals surface area (Å²) in [6.45, 7) is 0. The molecule has 4 aromatic carbocycles. The Morgan fingerprint density at radius 2 is 1.14 bits per heavy atom. The Bertz CT molecular complexity index is 1440. The lowest BCUT2D eigenvalue weighted by Crippen LogP contribution is -2.56. The second-order valence-corrected chi connectivity index (χ2v) is 8.73. The van der Waals surface area contributed by atoms with Crippen molar-refractivity contribution in [2.75, 3.05) is 5.01 Å². The van der Waals surface area contributed by atoms with Crippen molar-refractivity contribution in [1.29, 1.82) is 0 Å². The number of ketones is 2. The Hall–Kier alpha value is -4.57. The molecule has 35 heavy (non-hydrogen) atoms. The van der Waals surface area contributed by atoms with Crippen molar-refractivity contribution < 1.29 is 9.59 Å². The van der Waals surface area contributed by atoms with Gasteiger partial charge in [-0.15, -0.1) is 0 Å². The number of carbonyl (C=O) groups excluding carboxylic acids is 2. The Balaban J connectivity index is 1.60. The van der Waals surface area contributed by atoms with Crippen LogP contribution < -0.4 is 5.01 Å². The molecule has 0 unspecified atom stereocenters. The molecule has 1 aliphatic carbocycles. The molecule has 4 heteroatoms. The van der Waals surface area contributed by atoms with Gasteiger partial charge in [0, 0.05) is 11.1 Å². The minimum absolute atomic E-state index is 0.220. The van der Waals surface area contributed by atoms with Gasteiger partial charge in [0.25, 0.3) is 0 Å². The second kappa shape index (κ2) is 8.33. The van der Waals surface area contributed by atoms with E-state index in [1.807, 2.05) is 103 Å². The van der Waals surface area contributed by atoms with Gasteiger partial charge in [-0.3, -0.25) is 9.59 Å². The van der Waals surface area contributed by atoms with Gasteiger partial charge in [0.1, 0.15) is 0 Å². The molecule has 0 N–H and O–H groups in total. The van der Waals surface area contributed by atoms with E-state index in [0.29, 0.717) is 22.5 Å². The standard InChI is InChI=1S/C31H22N2O2/c34-29-25-18-10-11-19-26(25)30(35)31(29)28(23-14-6-2-7-15-23)27(21-20-22-12-4-1-5-13-22)32-33(31)24-16-8-3-9-17-24/h1-21,28H/b21-20-/t28-/m1/s1. The van der Waals surface area contributed by atoms with Crippen LogP contribution in [0.1, 0.15) is 37.8 Å². The number of Topliss-reactive ketones (excluding diaryl/α,β-unsaturated/α-hetero) is 2. The van der Waals surface area contributed by atoms with E-state index in [-0.39, 0.29) is 11.6 Å². The number of carbonyl (C=O) groups is 2. The van der Waals surface area contributed by atoms with Crippen molar-refractivity contribution >= 4 is 29.0 Å². The van der Waals surface area contributed by atoms with Gasteiger partial charge in [0.2, 0.25) is 5.54 Å². The summed E-state index contributed by atoms with van der Waals surface area (Å²) in [7, 11) is 0. The second-order valence-electron chi connectivity index (χ2n) is 8.73. The maximum atomic E-state index is 14.3. The molecule has 6 rings (SSSR count). The van der Waals surface area contributed by atoms with Crippen LogP contribution in [0.15, 0.2) is 126 Å². The first kappa shape index (κ1) is 21.0. The number of fused-ring (bicyclic) bond motifs is 1. The van der Waals surface area contributed by atoms with Crippen molar-refractivity contribution in [3.63, 3.8) is 0 Å². The van der Waals surface area contributed by atoms with Gasteiger partial charge in [0.05, 0.1) is 17.3 Å². The molecule has 0 radical (unpaired) electrons. The molecule has 1 aliphatic heterocycles. The smallest absolute Gasteiger partial charge is 0.201 e. The SMILES string of the molecule is O=C1c2ccccc2C(=O)C12[C@H](c1ccccc1)C(/C=C\c1ccccc1)=NN2c1ccccc1. The fourth-order valence-electron chi connectivity index (χ4n) is 5.20. The van der Waals surface area contributed by atoms with Crippen molar-refractivity contribution in [3.8, 4) is 0 Å². The quantitative estimate of drug-likeness (QED) is 0.346. The molecule has 168 valence electrons. The van der Waals surface area contributed by atoms with E-state index in [2.05, 4.69) is 0 Å². The molecule has 1 spiro atoms. The number of allylic oxidation sites excluding steroid dienone is 1. The van der Waals surface area contributed by atoms with Gasteiger partial charge in [-0.2, -0.15) is 5.10 Å². The molecule has 0 amide bonds. The topological polar surface area (TPSA) is 49.7 Å². The van der Waals surface area contributed by atoms with E-state index < -0.39 is 11.5 Å². The third-order valence-electron chi connectivity index (χ3n) is 6.75. The Morgan fingerprint density at radius 1 is 0.629 bits per heavy atom. The summed E-state index contributed by atoms with van der Waals surface area (Å²) in [4.78, 5) is 28.5. The fourth-order valence-corrected chi connectivity index (χ4v) is 5.20. The van der Waals surface area contributed by atoms with Crippen LogP contribution in [0, 0.1) is 0 Å². The van der Waals surface area contributed by atoms with Crippen LogP contribution in [-0.4, -0.2) is 22.8 Å². The summed E-state index contributed by atoms with van der Waals surface area (Å²) < 4.78 is 0. The minimum atomic E-state index is -1.53. The van der Waals surface area contributed by atoms with Crippen molar-refractivity contribution in [2.24, 2.45) is 5.10 Å². The lowest BCUT2D eigenvalue weighted by Gasteiger charge is -2.36. The van der Waals surface area contributed by atoms with Crippen LogP contribution in [-0.2, 0) is 0 Å². The van der Waals surface area contributed by atoms with Crippen LogP contribution >= 0.6 is 0 Å². The van der Waals surface area contributed by atoms with Gasteiger partial charge in [-0.25, -0.2) is 5.01 Å². The highest BCUT2D eigenvalue weighted by Gasteiger charge is 2.66. The van der Waals surface area contributed by atoms with Gasteiger partial charge in [-0.1, -0.05) is 109 Å². The number of hydrazone groups is 1. The average Bonchev–Trinajstić information content (AvgIpc) is 3.38. The van der Waals surface area contributed by atoms with E-state index in [0.717, 1.165) is 11.1 Å². The van der Waals surface area contributed by atoms with Gasteiger partial charge >= 0.3 is 0 Å². The number of hydrogen-bond acceptors (Lipinski definition) is 4. The largest absolute Gasteiger partial charge is 0.291 e. The Labute approximate surface area is 203 Å². The number of anilines is 1. The molecular weight excluding hydrogens is 432 g/mol. The van der Waals surface area contributed by atoms with Crippen LogP contribution in [0.2, 0.25) is 0 Å². The number of hydrogen-bond donors (Lipinski definition) is 0. The molecule has 1 atom stereocenters. The fraction of sp³-hybridized carbons (Fsp3) is 0.0645. The van der Waals surface area contributed by atoms with Gasteiger partial charge < -0.3 is 0 Å². The number of para-hydroxylation sites is 1. The average molecular weight is 455 g/mol. The van der Waals surface area contributed by atoms with Gasteiger partial charge in [0.15, 0.2) is 11.6 Å². The van der Waals surface area contributed by atoms with Crippen molar-refractivity contribution in [3.05, 3.63) is 144 Å². The molecule has 2 aliphatic rings. The summed E-state index contributed by atoms with van der Waals surface area (Å²) in [6, 6.07) is 36.3. The molecule has 0 aromatic heterocycles. The zero-order chi connectivity index (χ0) is 23.8. The Morgan fingerprint density at radius 3 is 1.74 bits per heavy atom. The Kier molecular flexibility index (Phi) is 5.00. The van der Waals surface area contributed by atoms with Crippen LogP contribution in [0.25, 0.3) is 6.08 Å². The van der Waals surface area contributed by atoms with Crippen LogP contribution in [0.4, 0.5) is 5.69 Å². The number of nitrogens with zero attached hydrogens (tertiary/aromatic N) is 2. The third-order valence-corrected chi connectivity index (χ3v) is 6.75. The predicted molar refractivity (Wildman–Crippen MR) is 139 cm³/mol. The molecule has 0 saturated carbocycles. The maximum Gasteiger partial charge on any atom is 0.201 e. The predicted octanol–water partition coefficient (Wildman–Crippen LogP) is 6.18. The summed E-state index contributed by atoms with van der Waals surface area (Å²) in [5.41, 5.74) is 2.62. The minimum Gasteiger partial charge on any atom is -0.291 e. The summed E-state index contributed by atoms with van der Waals surface area (Å²) in [5.74, 6) is -1.01. The van der Waals surface area contributed by atoms with E-state index in [1.54, 1.807) is 29.3 Å². The van der Waals surface area contributed by atoms with E-state index in [4.69, 9.17) is 5.10 Å². The van der Waals surface area contributed by atoms with Crippen LogP contribution in [0.3, 0.4) is 0 Å². The van der Waals surface area contributed by atoms with E-state index in [1.165, 1.54) is 0 Å². The van der Waals surface area contributed by atoms with Crippen molar-refractivity contribution in [2.45, 2.75) is 11.5 Å². The number of rotatable bonds is 4. The lowest BCUT2D eigenvalue weighted by atomic mass is 9.73. The van der Waals surface area contributed by atoms with E-state index >= 15 is 0 Å². The number of benzene rings is 4. The molecule has 0 fully saturated rings. The summed E-state index contributed by atoms with van der Waals surface area (Å²) >= 11 is 0. The first-order valence-electron chi connectivity index (χ1n) is 11.6. The van der Waals surface area contributed by atoms with Crippen LogP contribution in [0.5, 0.6) is 0 Å². The molecule has 1 heterocycles. The van der Waals surface area contributed by atoms with Gasteiger partial charge in [-0.05, 0) is 29.3 Å². The molecular formula is C31H22N2O2. The highest BCUT2D eigenvalue weighted by atomic mass is 16.2. The van der Waals surface area contributed by atoms with E-state index in [9.17, 15) is 9.59 Å². The normalized spacial score (nSPS) is 18.3. The lowest BCUT2D eigenvalue weighted by molar-refractivity contribution is 0.0791. The molecule has 0 saturated heterocycles. The maximum absolute atomic E-state index is 14.3. The first-order chi connectivity index (χ1) is 17.2. The third kappa shape index (κ3) is 3.18.